The molecule has 0 aliphatic carbocycles. The second kappa shape index (κ2) is 6.35. The lowest BCUT2D eigenvalue weighted by atomic mass is 10.1. The number of H-pyrrole nitrogens is 1. The smallest absolute Gasteiger partial charge is 0.261 e. The highest BCUT2D eigenvalue weighted by Gasteiger charge is 2.16. The number of hydrogen-bond acceptors (Lipinski definition) is 2. The second-order valence-corrected chi connectivity index (χ2v) is 7.92. The van der Waals surface area contributed by atoms with Gasteiger partial charge in [-0.3, -0.25) is 4.72 Å². The molecule has 2 N–H and O–H groups in total. The molecule has 0 radical (unpaired) electrons. The molecule has 1 aromatic heterocycles. The lowest BCUT2D eigenvalue weighted by molar-refractivity contribution is 0.601. The zero-order chi connectivity index (χ0) is 18.1. The summed E-state index contributed by atoms with van der Waals surface area (Å²) in [5, 5.41) is 0.952. The average molecular weight is 362 g/mol. The van der Waals surface area contributed by atoms with Crippen LogP contribution in [-0.2, 0) is 10.0 Å². The fourth-order valence-electron chi connectivity index (χ4n) is 2.94. The maximum Gasteiger partial charge on any atom is 0.261 e. The molecular weight excluding hydrogens is 344 g/mol. The molecule has 0 aliphatic rings. The van der Waals surface area contributed by atoms with Gasteiger partial charge in [0.1, 0.15) is 0 Å². The first-order chi connectivity index (χ1) is 12.5. The van der Waals surface area contributed by atoms with Crippen molar-refractivity contribution in [3.05, 3.63) is 84.4 Å². The van der Waals surface area contributed by atoms with Crippen LogP contribution in [0.1, 0.15) is 5.56 Å². The van der Waals surface area contributed by atoms with Gasteiger partial charge in [-0.05, 0) is 36.8 Å². The van der Waals surface area contributed by atoms with Crippen molar-refractivity contribution in [2.75, 3.05) is 4.72 Å². The van der Waals surface area contributed by atoms with Crippen LogP contribution < -0.4 is 4.72 Å². The van der Waals surface area contributed by atoms with Crippen molar-refractivity contribution < 1.29 is 8.42 Å². The van der Waals surface area contributed by atoms with Crippen LogP contribution in [0.5, 0.6) is 0 Å². The third-order valence-electron chi connectivity index (χ3n) is 4.32. The summed E-state index contributed by atoms with van der Waals surface area (Å²) in [7, 11) is -3.65. The Morgan fingerprint density at radius 1 is 0.846 bits per heavy atom. The third kappa shape index (κ3) is 3.09. The number of para-hydroxylation sites is 1. The van der Waals surface area contributed by atoms with E-state index in [0.29, 0.717) is 5.69 Å². The largest absolute Gasteiger partial charge is 0.353 e. The van der Waals surface area contributed by atoms with Gasteiger partial charge in [-0.2, -0.15) is 0 Å². The van der Waals surface area contributed by atoms with Gasteiger partial charge in [0, 0.05) is 11.1 Å². The molecule has 0 spiro atoms. The normalized spacial score (nSPS) is 11.6. The van der Waals surface area contributed by atoms with Gasteiger partial charge >= 0.3 is 0 Å². The number of rotatable bonds is 4. The van der Waals surface area contributed by atoms with E-state index in [1.807, 2.05) is 55.5 Å². The summed E-state index contributed by atoms with van der Waals surface area (Å²) in [6, 6.07) is 24.3. The van der Waals surface area contributed by atoms with Gasteiger partial charge in [-0.25, -0.2) is 8.42 Å². The molecule has 5 heteroatoms. The number of nitrogens with one attached hydrogen (secondary N) is 2. The summed E-state index contributed by atoms with van der Waals surface area (Å²) < 4.78 is 28.1. The van der Waals surface area contributed by atoms with Crippen molar-refractivity contribution in [2.45, 2.75) is 11.8 Å². The van der Waals surface area contributed by atoms with Crippen LogP contribution in [0.4, 0.5) is 5.69 Å². The number of aromatic nitrogens is 1. The molecule has 0 unspecified atom stereocenters. The molecule has 0 aliphatic heterocycles. The van der Waals surface area contributed by atoms with Crippen LogP contribution in [0.2, 0.25) is 0 Å². The third-order valence-corrected chi connectivity index (χ3v) is 5.70. The predicted molar refractivity (Wildman–Crippen MR) is 106 cm³/mol. The molecule has 3 aromatic carbocycles. The Morgan fingerprint density at radius 2 is 1.58 bits per heavy atom. The summed E-state index contributed by atoms with van der Waals surface area (Å²) >= 11 is 0. The molecular formula is C21H18N2O2S. The first-order valence-corrected chi connectivity index (χ1v) is 9.78. The summed E-state index contributed by atoms with van der Waals surface area (Å²) in [6.07, 6.45) is 0. The summed E-state index contributed by atoms with van der Waals surface area (Å²) in [4.78, 5) is 3.58. The number of anilines is 1. The first kappa shape index (κ1) is 16.4. The maximum atomic E-state index is 12.7. The van der Waals surface area contributed by atoms with E-state index in [1.54, 1.807) is 30.3 Å². The number of aromatic amines is 1. The quantitative estimate of drug-likeness (QED) is 0.540. The molecule has 0 saturated heterocycles. The summed E-state index contributed by atoms with van der Waals surface area (Å²) in [5.74, 6) is 0. The van der Waals surface area contributed by atoms with Crippen LogP contribution in [0.15, 0.2) is 83.8 Å². The van der Waals surface area contributed by atoms with Gasteiger partial charge < -0.3 is 4.98 Å². The minimum atomic E-state index is -3.65. The molecule has 4 rings (SSSR count). The minimum absolute atomic E-state index is 0.245. The zero-order valence-electron chi connectivity index (χ0n) is 14.2. The van der Waals surface area contributed by atoms with Gasteiger partial charge in [-0.1, -0.05) is 60.2 Å². The van der Waals surface area contributed by atoms with Crippen molar-refractivity contribution in [1.82, 2.24) is 4.98 Å². The second-order valence-electron chi connectivity index (χ2n) is 6.24. The molecule has 26 heavy (non-hydrogen) atoms. The van der Waals surface area contributed by atoms with Crippen molar-refractivity contribution in [3.8, 4) is 11.3 Å². The SMILES string of the molecule is Cc1ccc(S(=O)(=O)Nc2cccc3cc(-c4ccccc4)[nH]c23)cc1. The van der Waals surface area contributed by atoms with E-state index in [0.717, 1.165) is 27.7 Å². The van der Waals surface area contributed by atoms with Gasteiger partial charge in [-0.15, -0.1) is 0 Å². The van der Waals surface area contributed by atoms with Crippen LogP contribution >= 0.6 is 0 Å². The minimum Gasteiger partial charge on any atom is -0.353 e. The number of benzene rings is 3. The van der Waals surface area contributed by atoms with Gasteiger partial charge in [0.25, 0.3) is 10.0 Å². The molecule has 1 heterocycles. The highest BCUT2D eigenvalue weighted by Crippen LogP contribution is 2.30. The fraction of sp³-hybridized carbons (Fsp3) is 0.0476. The lowest BCUT2D eigenvalue weighted by Crippen LogP contribution is -2.13. The predicted octanol–water partition coefficient (Wildman–Crippen LogP) is 4.94. The van der Waals surface area contributed by atoms with E-state index in [4.69, 9.17) is 0 Å². The van der Waals surface area contributed by atoms with E-state index >= 15 is 0 Å². The van der Waals surface area contributed by atoms with Gasteiger partial charge in [0.05, 0.1) is 16.1 Å². The van der Waals surface area contributed by atoms with Gasteiger partial charge in [0.2, 0.25) is 0 Å². The lowest BCUT2D eigenvalue weighted by Gasteiger charge is -2.09. The van der Waals surface area contributed by atoms with Crippen molar-refractivity contribution in [2.24, 2.45) is 0 Å². The van der Waals surface area contributed by atoms with Crippen LogP contribution in [0, 0.1) is 6.92 Å². The standard InChI is InChI=1S/C21H18N2O2S/c1-15-10-12-18(13-11-15)26(24,25)23-19-9-5-8-17-14-20(22-21(17)19)16-6-3-2-4-7-16/h2-14,22-23H,1H3. The molecule has 130 valence electrons. The van der Waals surface area contributed by atoms with Crippen LogP contribution in [0.25, 0.3) is 22.2 Å². The summed E-state index contributed by atoms with van der Waals surface area (Å²) in [5.41, 5.74) is 4.31. The molecule has 4 aromatic rings. The van der Waals surface area contributed by atoms with E-state index in [2.05, 4.69) is 9.71 Å². The number of fused-ring (bicyclic) bond motifs is 1. The molecule has 0 saturated carbocycles. The van der Waals surface area contributed by atoms with Crippen LogP contribution in [0.3, 0.4) is 0 Å². The van der Waals surface area contributed by atoms with E-state index in [9.17, 15) is 8.42 Å². The number of sulfonamides is 1. The van der Waals surface area contributed by atoms with Crippen LogP contribution in [-0.4, -0.2) is 13.4 Å². The zero-order valence-corrected chi connectivity index (χ0v) is 15.0. The Kier molecular flexibility index (Phi) is 4.01. The van der Waals surface area contributed by atoms with E-state index < -0.39 is 10.0 Å². The van der Waals surface area contributed by atoms with Crippen molar-refractivity contribution in [1.29, 1.82) is 0 Å². The van der Waals surface area contributed by atoms with Crippen molar-refractivity contribution >= 4 is 26.6 Å². The monoisotopic (exact) mass is 362 g/mol. The Balaban J connectivity index is 1.75. The number of aryl methyl sites for hydroxylation is 1. The highest BCUT2D eigenvalue weighted by atomic mass is 32.2. The van der Waals surface area contributed by atoms with E-state index in [1.165, 1.54) is 0 Å². The molecule has 0 amide bonds. The van der Waals surface area contributed by atoms with E-state index in [-0.39, 0.29) is 4.90 Å². The Hall–Kier alpha value is -3.05. The molecule has 0 atom stereocenters. The summed E-state index contributed by atoms with van der Waals surface area (Å²) in [6.45, 7) is 1.93. The Labute approximate surface area is 152 Å². The van der Waals surface area contributed by atoms with Crippen molar-refractivity contribution in [3.63, 3.8) is 0 Å². The maximum absolute atomic E-state index is 12.7. The highest BCUT2D eigenvalue weighted by molar-refractivity contribution is 7.92. The fourth-order valence-corrected chi connectivity index (χ4v) is 4.01. The van der Waals surface area contributed by atoms with Gasteiger partial charge in [0.15, 0.2) is 0 Å². The topological polar surface area (TPSA) is 62.0 Å². The Bertz CT molecular complexity index is 1160. The molecule has 0 fully saturated rings. The average Bonchev–Trinajstić information content (AvgIpc) is 3.08. The number of hydrogen-bond donors (Lipinski definition) is 2. The molecule has 0 bridgehead atoms. The molecule has 4 nitrogen and oxygen atoms in total. The first-order valence-electron chi connectivity index (χ1n) is 8.29. The Morgan fingerprint density at radius 3 is 2.31 bits per heavy atom.